The molecule has 1 heterocycles. The summed E-state index contributed by atoms with van der Waals surface area (Å²) in [4.78, 5) is 11.8. The molecule has 0 bridgehead atoms. The molecule has 1 aliphatic heterocycles. The lowest BCUT2D eigenvalue weighted by atomic mass is 10.0. The molecule has 108 valence electrons. The zero-order valence-electron chi connectivity index (χ0n) is 11.8. The van der Waals surface area contributed by atoms with Crippen molar-refractivity contribution >= 4 is 5.78 Å². The Morgan fingerprint density at radius 2 is 1.86 bits per heavy atom. The molecule has 21 heavy (non-hydrogen) atoms. The lowest BCUT2D eigenvalue weighted by molar-refractivity contribution is 0.0932. The van der Waals surface area contributed by atoms with Crippen molar-refractivity contribution in [1.82, 2.24) is 0 Å². The fourth-order valence-corrected chi connectivity index (χ4v) is 2.22. The highest BCUT2D eigenvalue weighted by molar-refractivity contribution is 5.99. The lowest BCUT2D eigenvalue weighted by Crippen LogP contribution is -2.15. The Kier molecular flexibility index (Phi) is 3.77. The van der Waals surface area contributed by atoms with Gasteiger partial charge in [-0.15, -0.1) is 0 Å². The Hall–Kier alpha value is -2.49. The van der Waals surface area contributed by atoms with Gasteiger partial charge in [-0.05, 0) is 35.9 Å². The van der Waals surface area contributed by atoms with Gasteiger partial charge >= 0.3 is 0 Å². The monoisotopic (exact) mass is 284 g/mol. The van der Waals surface area contributed by atoms with E-state index in [1.165, 1.54) is 0 Å². The molecule has 0 amide bonds. The van der Waals surface area contributed by atoms with Crippen molar-refractivity contribution in [1.29, 1.82) is 0 Å². The van der Waals surface area contributed by atoms with Crippen LogP contribution >= 0.6 is 0 Å². The van der Waals surface area contributed by atoms with Crippen LogP contribution in [-0.2, 0) is 6.61 Å². The third-order valence-electron chi connectivity index (χ3n) is 3.40. The number of carbonyl (C=O) groups is 1. The van der Waals surface area contributed by atoms with Crippen LogP contribution in [0.25, 0.3) is 0 Å². The minimum absolute atomic E-state index is 0.103. The highest BCUT2D eigenvalue weighted by Gasteiger charge is 2.18. The summed E-state index contributed by atoms with van der Waals surface area (Å²) in [5.74, 6) is 2.23. The summed E-state index contributed by atoms with van der Waals surface area (Å²) in [6, 6.07) is 13.0. The second kappa shape index (κ2) is 5.87. The first-order chi connectivity index (χ1) is 10.3. The highest BCUT2D eigenvalue weighted by atomic mass is 16.5. The maximum absolute atomic E-state index is 11.8. The first kappa shape index (κ1) is 13.5. The Morgan fingerprint density at radius 3 is 2.62 bits per heavy atom. The molecule has 0 radical (unpaired) electrons. The SMILES string of the molecule is COc1ccc(COc2ccc3c(c2)C(=O)CCO3)cc1. The summed E-state index contributed by atoms with van der Waals surface area (Å²) in [5.41, 5.74) is 1.64. The van der Waals surface area contributed by atoms with E-state index in [2.05, 4.69) is 0 Å². The summed E-state index contributed by atoms with van der Waals surface area (Å²) in [7, 11) is 1.64. The molecule has 4 heteroatoms. The first-order valence-corrected chi connectivity index (χ1v) is 6.82. The molecule has 0 atom stereocenters. The molecule has 0 aliphatic carbocycles. The molecule has 3 rings (SSSR count). The van der Waals surface area contributed by atoms with Crippen LogP contribution in [0.15, 0.2) is 42.5 Å². The fourth-order valence-electron chi connectivity index (χ4n) is 2.22. The van der Waals surface area contributed by atoms with Gasteiger partial charge in [-0.25, -0.2) is 0 Å². The van der Waals surface area contributed by atoms with Crippen molar-refractivity contribution in [2.45, 2.75) is 13.0 Å². The standard InChI is InChI=1S/C17H16O4/c1-19-13-4-2-12(3-5-13)11-21-14-6-7-17-15(10-14)16(18)8-9-20-17/h2-7,10H,8-9,11H2,1H3. The number of methoxy groups -OCH3 is 1. The lowest BCUT2D eigenvalue weighted by Gasteiger charge is -2.17. The summed E-state index contributed by atoms with van der Waals surface area (Å²) in [5, 5.41) is 0. The third kappa shape index (κ3) is 2.99. The number of Topliss-reactive ketones (excluding diaryl/α,β-unsaturated/α-hetero) is 1. The second-order valence-corrected chi connectivity index (χ2v) is 4.82. The van der Waals surface area contributed by atoms with Crippen LogP contribution in [0.5, 0.6) is 17.2 Å². The largest absolute Gasteiger partial charge is 0.497 e. The van der Waals surface area contributed by atoms with Crippen LogP contribution in [0, 0.1) is 0 Å². The molecular formula is C17H16O4. The zero-order chi connectivity index (χ0) is 14.7. The Morgan fingerprint density at radius 1 is 1.10 bits per heavy atom. The number of benzene rings is 2. The van der Waals surface area contributed by atoms with Crippen LogP contribution in [0.2, 0.25) is 0 Å². The molecule has 0 N–H and O–H groups in total. The topological polar surface area (TPSA) is 44.8 Å². The minimum Gasteiger partial charge on any atom is -0.497 e. The van der Waals surface area contributed by atoms with Crippen LogP contribution in [0.3, 0.4) is 0 Å². The molecule has 0 saturated heterocycles. The van der Waals surface area contributed by atoms with E-state index in [-0.39, 0.29) is 5.78 Å². The smallest absolute Gasteiger partial charge is 0.170 e. The van der Waals surface area contributed by atoms with Gasteiger partial charge in [-0.1, -0.05) is 12.1 Å². The molecule has 0 saturated carbocycles. The van der Waals surface area contributed by atoms with Gasteiger partial charge in [0.05, 0.1) is 19.3 Å². The van der Waals surface area contributed by atoms with E-state index in [0.29, 0.717) is 36.7 Å². The summed E-state index contributed by atoms with van der Waals surface area (Å²) >= 11 is 0. The molecule has 1 aliphatic rings. The minimum atomic E-state index is 0.103. The number of rotatable bonds is 4. The van der Waals surface area contributed by atoms with Gasteiger partial charge in [0.2, 0.25) is 0 Å². The molecule has 2 aromatic carbocycles. The van der Waals surface area contributed by atoms with Crippen LogP contribution in [0.1, 0.15) is 22.3 Å². The number of ether oxygens (including phenoxy) is 3. The predicted octanol–water partition coefficient (Wildman–Crippen LogP) is 3.24. The van der Waals surface area contributed by atoms with E-state index in [9.17, 15) is 4.79 Å². The first-order valence-electron chi connectivity index (χ1n) is 6.82. The number of hydrogen-bond acceptors (Lipinski definition) is 4. The average Bonchev–Trinajstić information content (AvgIpc) is 2.54. The van der Waals surface area contributed by atoms with Crippen LogP contribution in [-0.4, -0.2) is 19.5 Å². The number of ketones is 1. The number of carbonyl (C=O) groups excluding carboxylic acids is 1. The van der Waals surface area contributed by atoms with Crippen molar-refractivity contribution in [2.24, 2.45) is 0 Å². The molecule has 0 unspecified atom stereocenters. The Labute approximate surface area is 123 Å². The molecule has 0 aromatic heterocycles. The Balaban J connectivity index is 1.70. The van der Waals surface area contributed by atoms with Gasteiger partial charge in [0, 0.05) is 6.42 Å². The quantitative estimate of drug-likeness (QED) is 0.864. The van der Waals surface area contributed by atoms with Gasteiger partial charge in [0.25, 0.3) is 0 Å². The van der Waals surface area contributed by atoms with E-state index in [0.717, 1.165) is 11.3 Å². The summed E-state index contributed by atoms with van der Waals surface area (Å²) in [6.45, 7) is 0.899. The second-order valence-electron chi connectivity index (χ2n) is 4.82. The van der Waals surface area contributed by atoms with Crippen molar-refractivity contribution in [3.8, 4) is 17.2 Å². The van der Waals surface area contributed by atoms with E-state index >= 15 is 0 Å². The summed E-state index contributed by atoms with van der Waals surface area (Å²) < 4.78 is 16.3. The Bertz CT molecular complexity index is 646. The molecule has 4 nitrogen and oxygen atoms in total. The van der Waals surface area contributed by atoms with E-state index < -0.39 is 0 Å². The van der Waals surface area contributed by atoms with Crippen LogP contribution < -0.4 is 14.2 Å². The van der Waals surface area contributed by atoms with Crippen molar-refractivity contribution < 1.29 is 19.0 Å². The van der Waals surface area contributed by atoms with Crippen molar-refractivity contribution in [2.75, 3.05) is 13.7 Å². The number of hydrogen-bond donors (Lipinski definition) is 0. The van der Waals surface area contributed by atoms with E-state index in [1.54, 1.807) is 19.2 Å². The van der Waals surface area contributed by atoms with Gasteiger partial charge in [-0.3, -0.25) is 4.79 Å². The fraction of sp³-hybridized carbons (Fsp3) is 0.235. The average molecular weight is 284 g/mol. The van der Waals surface area contributed by atoms with Crippen molar-refractivity contribution in [3.05, 3.63) is 53.6 Å². The van der Waals surface area contributed by atoms with Gasteiger partial charge in [0.1, 0.15) is 23.9 Å². The van der Waals surface area contributed by atoms with Gasteiger partial charge in [-0.2, -0.15) is 0 Å². The maximum atomic E-state index is 11.8. The van der Waals surface area contributed by atoms with E-state index in [1.807, 2.05) is 30.3 Å². The zero-order valence-corrected chi connectivity index (χ0v) is 11.8. The predicted molar refractivity (Wildman–Crippen MR) is 78.2 cm³/mol. The van der Waals surface area contributed by atoms with Crippen molar-refractivity contribution in [3.63, 3.8) is 0 Å². The normalized spacial score (nSPS) is 13.3. The van der Waals surface area contributed by atoms with E-state index in [4.69, 9.17) is 14.2 Å². The molecular weight excluding hydrogens is 268 g/mol. The number of fused-ring (bicyclic) bond motifs is 1. The summed E-state index contributed by atoms with van der Waals surface area (Å²) in [6.07, 6.45) is 0.426. The maximum Gasteiger partial charge on any atom is 0.170 e. The molecule has 2 aromatic rings. The van der Waals surface area contributed by atoms with Crippen LogP contribution in [0.4, 0.5) is 0 Å². The highest BCUT2D eigenvalue weighted by Crippen LogP contribution is 2.29. The van der Waals surface area contributed by atoms with Gasteiger partial charge < -0.3 is 14.2 Å². The molecule has 0 fully saturated rings. The third-order valence-corrected chi connectivity index (χ3v) is 3.40. The molecule has 0 spiro atoms. The van der Waals surface area contributed by atoms with Gasteiger partial charge in [0.15, 0.2) is 5.78 Å².